The average Bonchev–Trinajstić information content (AvgIpc) is 2.89. The minimum atomic E-state index is -0.513. The van der Waals surface area contributed by atoms with Gasteiger partial charge in [-0.1, -0.05) is 52.3 Å². The van der Waals surface area contributed by atoms with Gasteiger partial charge in [-0.05, 0) is 74.7 Å². The number of nitrogens with zero attached hydrogens (tertiary/aromatic N) is 1. The maximum Gasteiger partial charge on any atom is 0.343 e. The number of carbonyl (C=O) groups excluding carboxylic acids is 2. The number of ether oxygens (including phenoxy) is 3. The number of rotatable bonds is 8. The van der Waals surface area contributed by atoms with Gasteiger partial charge in [0.2, 0.25) is 0 Å². The second-order valence-corrected chi connectivity index (χ2v) is 9.20. The van der Waals surface area contributed by atoms with Crippen LogP contribution in [0.3, 0.4) is 0 Å². The quantitative estimate of drug-likeness (QED) is 0.112. The maximum absolute atomic E-state index is 12.4. The van der Waals surface area contributed by atoms with Gasteiger partial charge in [-0.2, -0.15) is 5.10 Å². The van der Waals surface area contributed by atoms with E-state index in [-0.39, 0.29) is 12.4 Å². The number of hydrogen-bond acceptors (Lipinski definition) is 6. The Labute approximate surface area is 224 Å². The van der Waals surface area contributed by atoms with Crippen molar-refractivity contribution in [3.05, 3.63) is 98.9 Å². The van der Waals surface area contributed by atoms with Crippen molar-refractivity contribution in [2.75, 3.05) is 13.7 Å². The predicted octanol–water partition coefficient (Wildman–Crippen LogP) is 6.12. The summed E-state index contributed by atoms with van der Waals surface area (Å²) in [6, 6.07) is 23.4. The standard InChI is InChI=1S/C27H20Br2N2O5/c1-34-24-13-17(9-11-22(24)36-27(33)19-6-4-7-20(28)14-19)15-30-31-25(32)16-35-23-12-10-18-5-2-3-8-21(18)26(23)29/h2-15H,16H2,1H3,(H,31,32)/b30-15+. The average molecular weight is 612 g/mol. The molecule has 0 aliphatic heterocycles. The summed E-state index contributed by atoms with van der Waals surface area (Å²) in [4.78, 5) is 24.6. The van der Waals surface area contributed by atoms with Crippen molar-refractivity contribution in [1.29, 1.82) is 0 Å². The fourth-order valence-electron chi connectivity index (χ4n) is 3.30. The van der Waals surface area contributed by atoms with Crippen LogP contribution in [0.25, 0.3) is 10.8 Å². The van der Waals surface area contributed by atoms with E-state index in [1.54, 1.807) is 42.5 Å². The van der Waals surface area contributed by atoms with Crippen LogP contribution in [-0.2, 0) is 4.79 Å². The lowest BCUT2D eigenvalue weighted by atomic mass is 10.1. The molecule has 0 atom stereocenters. The van der Waals surface area contributed by atoms with E-state index in [0.717, 1.165) is 19.7 Å². The first-order valence-corrected chi connectivity index (χ1v) is 12.3. The molecule has 4 aromatic carbocycles. The normalized spacial score (nSPS) is 10.9. The molecule has 9 heteroatoms. The molecule has 4 rings (SSSR count). The zero-order valence-corrected chi connectivity index (χ0v) is 22.2. The fraction of sp³-hybridized carbons (Fsp3) is 0.0741. The van der Waals surface area contributed by atoms with E-state index < -0.39 is 11.9 Å². The van der Waals surface area contributed by atoms with Crippen LogP contribution >= 0.6 is 31.9 Å². The summed E-state index contributed by atoms with van der Waals surface area (Å²) in [6.45, 7) is -0.206. The van der Waals surface area contributed by atoms with Crippen molar-refractivity contribution < 1.29 is 23.8 Å². The molecule has 1 N–H and O–H groups in total. The van der Waals surface area contributed by atoms with Crippen LogP contribution < -0.4 is 19.6 Å². The Kier molecular flexibility index (Phi) is 8.35. The highest BCUT2D eigenvalue weighted by atomic mass is 79.9. The summed E-state index contributed by atoms with van der Waals surface area (Å²) < 4.78 is 18.0. The number of carbonyl (C=O) groups is 2. The predicted molar refractivity (Wildman–Crippen MR) is 145 cm³/mol. The number of nitrogens with one attached hydrogen (secondary N) is 1. The van der Waals surface area contributed by atoms with Crippen molar-refractivity contribution in [2.45, 2.75) is 0 Å². The van der Waals surface area contributed by atoms with Crippen LogP contribution in [-0.4, -0.2) is 31.8 Å². The monoisotopic (exact) mass is 610 g/mol. The van der Waals surface area contributed by atoms with Gasteiger partial charge >= 0.3 is 5.97 Å². The van der Waals surface area contributed by atoms with Gasteiger partial charge in [0, 0.05) is 4.47 Å². The molecule has 7 nitrogen and oxygen atoms in total. The smallest absolute Gasteiger partial charge is 0.343 e. The maximum atomic E-state index is 12.4. The largest absolute Gasteiger partial charge is 0.493 e. The number of benzene rings is 4. The number of methoxy groups -OCH3 is 1. The molecule has 0 aliphatic carbocycles. The van der Waals surface area contributed by atoms with Crippen LogP contribution in [0.1, 0.15) is 15.9 Å². The number of halogens is 2. The second kappa shape index (κ2) is 11.8. The molecule has 0 spiro atoms. The van der Waals surface area contributed by atoms with Crippen LogP contribution in [0.5, 0.6) is 17.2 Å². The Morgan fingerprint density at radius 1 is 0.917 bits per heavy atom. The lowest BCUT2D eigenvalue weighted by Gasteiger charge is -2.10. The van der Waals surface area contributed by atoms with Crippen LogP contribution in [0.2, 0.25) is 0 Å². The minimum absolute atomic E-state index is 0.206. The Balaban J connectivity index is 1.34. The summed E-state index contributed by atoms with van der Waals surface area (Å²) in [5.41, 5.74) is 3.46. The summed E-state index contributed by atoms with van der Waals surface area (Å²) in [5.74, 6) is 0.237. The number of hydrogen-bond donors (Lipinski definition) is 1. The van der Waals surface area contributed by atoms with E-state index >= 15 is 0 Å². The molecule has 0 aliphatic rings. The fourth-order valence-corrected chi connectivity index (χ4v) is 4.31. The number of fused-ring (bicyclic) bond motifs is 1. The highest BCUT2D eigenvalue weighted by Crippen LogP contribution is 2.33. The van der Waals surface area contributed by atoms with Crippen molar-refractivity contribution in [3.63, 3.8) is 0 Å². The molecule has 0 saturated heterocycles. The molecule has 4 aromatic rings. The van der Waals surface area contributed by atoms with Crippen molar-refractivity contribution in [2.24, 2.45) is 5.10 Å². The van der Waals surface area contributed by atoms with Gasteiger partial charge in [-0.3, -0.25) is 4.79 Å². The molecular weight excluding hydrogens is 592 g/mol. The summed E-state index contributed by atoms with van der Waals surface area (Å²) in [6.07, 6.45) is 1.45. The minimum Gasteiger partial charge on any atom is -0.493 e. The number of hydrazone groups is 1. The highest BCUT2D eigenvalue weighted by Gasteiger charge is 2.13. The molecule has 0 bridgehead atoms. The molecular formula is C27H20Br2N2O5. The highest BCUT2D eigenvalue weighted by molar-refractivity contribution is 9.11. The summed E-state index contributed by atoms with van der Waals surface area (Å²) in [7, 11) is 1.47. The third-order valence-electron chi connectivity index (χ3n) is 5.04. The summed E-state index contributed by atoms with van der Waals surface area (Å²) >= 11 is 6.87. The van der Waals surface area contributed by atoms with Crippen molar-refractivity contribution in [1.82, 2.24) is 5.43 Å². The van der Waals surface area contributed by atoms with E-state index in [1.807, 2.05) is 36.4 Å². The van der Waals surface area contributed by atoms with Crippen molar-refractivity contribution in [3.8, 4) is 17.2 Å². The van der Waals surface area contributed by atoms with E-state index in [2.05, 4.69) is 42.4 Å². The molecule has 0 saturated carbocycles. The van der Waals surface area contributed by atoms with E-state index in [0.29, 0.717) is 22.6 Å². The first kappa shape index (κ1) is 25.4. The van der Waals surface area contributed by atoms with Crippen LogP contribution in [0.15, 0.2) is 92.9 Å². The second-order valence-electron chi connectivity index (χ2n) is 7.49. The van der Waals surface area contributed by atoms with Gasteiger partial charge in [0.1, 0.15) is 5.75 Å². The van der Waals surface area contributed by atoms with Gasteiger partial charge in [0.25, 0.3) is 5.91 Å². The van der Waals surface area contributed by atoms with Gasteiger partial charge in [0.15, 0.2) is 18.1 Å². The molecule has 0 aromatic heterocycles. The Hall–Kier alpha value is -3.69. The molecule has 1 amide bonds. The molecule has 0 heterocycles. The van der Waals surface area contributed by atoms with Crippen LogP contribution in [0, 0.1) is 0 Å². The van der Waals surface area contributed by atoms with Crippen molar-refractivity contribution >= 4 is 60.7 Å². The zero-order valence-electron chi connectivity index (χ0n) is 19.0. The Morgan fingerprint density at radius 2 is 1.72 bits per heavy atom. The third kappa shape index (κ3) is 6.30. The first-order valence-electron chi connectivity index (χ1n) is 10.7. The van der Waals surface area contributed by atoms with E-state index in [4.69, 9.17) is 14.2 Å². The van der Waals surface area contributed by atoms with Crippen LogP contribution in [0.4, 0.5) is 0 Å². The van der Waals surface area contributed by atoms with Gasteiger partial charge in [-0.25, -0.2) is 10.2 Å². The first-order chi connectivity index (χ1) is 17.4. The number of amides is 1. The SMILES string of the molecule is COc1cc(/C=N/NC(=O)COc2ccc3ccccc3c2Br)ccc1OC(=O)c1cccc(Br)c1. The lowest BCUT2D eigenvalue weighted by molar-refractivity contribution is -0.123. The Bertz CT molecular complexity index is 1460. The molecule has 182 valence electrons. The van der Waals surface area contributed by atoms with E-state index in [1.165, 1.54) is 13.3 Å². The molecule has 36 heavy (non-hydrogen) atoms. The van der Waals surface area contributed by atoms with Gasteiger partial charge in [0.05, 0.1) is 23.4 Å². The summed E-state index contributed by atoms with van der Waals surface area (Å²) in [5, 5.41) is 6.02. The third-order valence-corrected chi connectivity index (χ3v) is 6.35. The zero-order chi connectivity index (χ0) is 25.5. The van der Waals surface area contributed by atoms with Gasteiger partial charge < -0.3 is 14.2 Å². The Morgan fingerprint density at radius 3 is 2.53 bits per heavy atom. The number of esters is 1. The lowest BCUT2D eigenvalue weighted by Crippen LogP contribution is -2.24. The van der Waals surface area contributed by atoms with E-state index in [9.17, 15) is 9.59 Å². The topological polar surface area (TPSA) is 86.2 Å². The van der Waals surface area contributed by atoms with Gasteiger partial charge in [-0.15, -0.1) is 0 Å². The molecule has 0 unspecified atom stereocenters. The molecule has 0 radical (unpaired) electrons. The molecule has 0 fully saturated rings.